The second-order valence-corrected chi connectivity index (χ2v) is 4.33. The van der Waals surface area contributed by atoms with Crippen molar-refractivity contribution >= 4 is 23.3 Å². The van der Waals surface area contributed by atoms with E-state index in [2.05, 4.69) is 5.32 Å². The first-order valence-electron chi connectivity index (χ1n) is 6.07. The van der Waals surface area contributed by atoms with E-state index in [1.807, 2.05) is 0 Å². The van der Waals surface area contributed by atoms with Crippen LogP contribution in [0.3, 0.4) is 0 Å². The standard InChI is InChI=1S/C14H17NO4/c1-3-10(8-13(17)18)14(19)15-12-6-4-11(5-7-12)9(2)16/h4-7,10H,3,8H2,1-2H3,(H,15,19)(H,17,18). The molecule has 0 radical (unpaired) electrons. The highest BCUT2D eigenvalue weighted by atomic mass is 16.4. The number of carbonyl (C=O) groups is 3. The molecular formula is C14H17NO4. The number of benzene rings is 1. The zero-order valence-electron chi connectivity index (χ0n) is 11.0. The summed E-state index contributed by atoms with van der Waals surface area (Å²) in [6.45, 7) is 3.24. The molecule has 0 heterocycles. The molecule has 0 bridgehead atoms. The van der Waals surface area contributed by atoms with Crippen molar-refractivity contribution in [1.82, 2.24) is 0 Å². The van der Waals surface area contributed by atoms with Crippen LogP contribution in [0.1, 0.15) is 37.0 Å². The Labute approximate surface area is 111 Å². The third-order valence-electron chi connectivity index (χ3n) is 2.84. The average molecular weight is 263 g/mol. The number of hydrogen-bond acceptors (Lipinski definition) is 3. The predicted molar refractivity (Wildman–Crippen MR) is 71.1 cm³/mol. The number of hydrogen-bond donors (Lipinski definition) is 2. The molecule has 1 amide bonds. The normalized spacial score (nSPS) is 11.7. The Kier molecular flexibility index (Phi) is 5.23. The lowest BCUT2D eigenvalue weighted by Crippen LogP contribution is -2.24. The van der Waals surface area contributed by atoms with Crippen molar-refractivity contribution in [1.29, 1.82) is 0 Å². The van der Waals surface area contributed by atoms with Crippen LogP contribution >= 0.6 is 0 Å². The van der Waals surface area contributed by atoms with Crippen LogP contribution in [-0.4, -0.2) is 22.8 Å². The largest absolute Gasteiger partial charge is 0.481 e. The number of ketones is 1. The van der Waals surface area contributed by atoms with E-state index in [0.29, 0.717) is 17.7 Å². The molecule has 5 nitrogen and oxygen atoms in total. The number of nitrogens with one attached hydrogen (secondary N) is 1. The van der Waals surface area contributed by atoms with Crippen LogP contribution in [0.25, 0.3) is 0 Å². The molecule has 0 saturated carbocycles. The van der Waals surface area contributed by atoms with E-state index >= 15 is 0 Å². The topological polar surface area (TPSA) is 83.5 Å². The molecular weight excluding hydrogens is 246 g/mol. The Hall–Kier alpha value is -2.17. The van der Waals surface area contributed by atoms with Crippen LogP contribution in [-0.2, 0) is 9.59 Å². The highest BCUT2D eigenvalue weighted by molar-refractivity contribution is 5.96. The summed E-state index contributed by atoms with van der Waals surface area (Å²) in [7, 11) is 0. The number of anilines is 1. The first kappa shape index (κ1) is 14.9. The summed E-state index contributed by atoms with van der Waals surface area (Å²) in [6.07, 6.45) is 0.275. The van der Waals surface area contributed by atoms with Gasteiger partial charge >= 0.3 is 5.97 Å². The minimum absolute atomic E-state index is 0.0461. The lowest BCUT2D eigenvalue weighted by atomic mass is 10.0. The van der Waals surface area contributed by atoms with Crippen molar-refractivity contribution in [3.05, 3.63) is 29.8 Å². The van der Waals surface area contributed by atoms with Gasteiger partial charge in [-0.1, -0.05) is 6.92 Å². The first-order chi connectivity index (χ1) is 8.93. The smallest absolute Gasteiger partial charge is 0.304 e. The van der Waals surface area contributed by atoms with E-state index < -0.39 is 11.9 Å². The van der Waals surface area contributed by atoms with Gasteiger partial charge in [-0.05, 0) is 37.6 Å². The van der Waals surface area contributed by atoms with Crippen molar-refractivity contribution in [2.75, 3.05) is 5.32 Å². The molecule has 0 aliphatic heterocycles. The average Bonchev–Trinajstić information content (AvgIpc) is 2.36. The molecule has 0 aliphatic rings. The van der Waals surface area contributed by atoms with Gasteiger partial charge in [-0.15, -0.1) is 0 Å². The van der Waals surface area contributed by atoms with Gasteiger partial charge in [0, 0.05) is 17.2 Å². The zero-order chi connectivity index (χ0) is 14.4. The van der Waals surface area contributed by atoms with Gasteiger partial charge in [0.2, 0.25) is 5.91 Å². The predicted octanol–water partition coefficient (Wildman–Crippen LogP) is 2.33. The summed E-state index contributed by atoms with van der Waals surface area (Å²) in [6, 6.07) is 6.50. The van der Waals surface area contributed by atoms with Gasteiger partial charge in [-0.2, -0.15) is 0 Å². The minimum Gasteiger partial charge on any atom is -0.481 e. The molecule has 0 aliphatic carbocycles. The van der Waals surface area contributed by atoms with Crippen LogP contribution in [0.15, 0.2) is 24.3 Å². The zero-order valence-corrected chi connectivity index (χ0v) is 11.0. The Morgan fingerprint density at radius 1 is 1.21 bits per heavy atom. The maximum absolute atomic E-state index is 11.9. The summed E-state index contributed by atoms with van der Waals surface area (Å²) >= 11 is 0. The summed E-state index contributed by atoms with van der Waals surface area (Å²) in [5.74, 6) is -1.91. The van der Waals surface area contributed by atoms with Crippen LogP contribution in [0, 0.1) is 5.92 Å². The van der Waals surface area contributed by atoms with Crippen LogP contribution in [0.5, 0.6) is 0 Å². The molecule has 0 saturated heterocycles. The summed E-state index contributed by atoms with van der Waals surface area (Å²) in [4.78, 5) is 33.6. The fourth-order valence-electron chi connectivity index (χ4n) is 1.67. The van der Waals surface area contributed by atoms with Crippen LogP contribution in [0.4, 0.5) is 5.69 Å². The van der Waals surface area contributed by atoms with E-state index in [9.17, 15) is 14.4 Å². The molecule has 1 unspecified atom stereocenters. The molecule has 1 aromatic rings. The monoisotopic (exact) mass is 263 g/mol. The van der Waals surface area contributed by atoms with Gasteiger partial charge in [-0.25, -0.2) is 0 Å². The fraction of sp³-hybridized carbons (Fsp3) is 0.357. The third-order valence-corrected chi connectivity index (χ3v) is 2.84. The van der Waals surface area contributed by atoms with Crippen LogP contribution in [0.2, 0.25) is 0 Å². The first-order valence-corrected chi connectivity index (χ1v) is 6.07. The number of amides is 1. The van der Waals surface area contributed by atoms with E-state index in [0.717, 1.165) is 0 Å². The van der Waals surface area contributed by atoms with Gasteiger partial charge in [-0.3, -0.25) is 14.4 Å². The summed E-state index contributed by atoms with van der Waals surface area (Å²) < 4.78 is 0. The van der Waals surface area contributed by atoms with Crippen LogP contribution < -0.4 is 5.32 Å². The highest BCUT2D eigenvalue weighted by Crippen LogP contribution is 2.14. The molecule has 0 aromatic heterocycles. The van der Waals surface area contributed by atoms with Crippen molar-refractivity contribution in [2.45, 2.75) is 26.7 Å². The molecule has 0 spiro atoms. The molecule has 5 heteroatoms. The van der Waals surface area contributed by atoms with E-state index in [4.69, 9.17) is 5.11 Å². The number of rotatable bonds is 6. The lowest BCUT2D eigenvalue weighted by molar-refractivity contribution is -0.140. The van der Waals surface area contributed by atoms with Gasteiger partial charge in [0.25, 0.3) is 0 Å². The Balaban J connectivity index is 2.70. The molecule has 1 aromatic carbocycles. The quantitative estimate of drug-likeness (QED) is 0.771. The number of aliphatic carboxylic acids is 1. The van der Waals surface area contributed by atoms with Gasteiger partial charge in [0.05, 0.1) is 6.42 Å². The second kappa shape index (κ2) is 6.68. The van der Waals surface area contributed by atoms with Gasteiger partial charge in [0.15, 0.2) is 5.78 Å². The molecule has 2 N–H and O–H groups in total. The van der Waals surface area contributed by atoms with Gasteiger partial charge in [0.1, 0.15) is 0 Å². The Morgan fingerprint density at radius 3 is 2.21 bits per heavy atom. The highest BCUT2D eigenvalue weighted by Gasteiger charge is 2.19. The number of carbonyl (C=O) groups excluding carboxylic acids is 2. The third kappa shape index (κ3) is 4.54. The van der Waals surface area contributed by atoms with E-state index in [1.54, 1.807) is 31.2 Å². The molecule has 0 fully saturated rings. The molecule has 1 atom stereocenters. The SMILES string of the molecule is CCC(CC(=O)O)C(=O)Nc1ccc(C(C)=O)cc1. The molecule has 19 heavy (non-hydrogen) atoms. The maximum atomic E-state index is 11.9. The van der Waals surface area contributed by atoms with Crippen molar-refractivity contribution in [2.24, 2.45) is 5.92 Å². The van der Waals surface area contributed by atoms with Gasteiger partial charge < -0.3 is 10.4 Å². The fourth-order valence-corrected chi connectivity index (χ4v) is 1.67. The second-order valence-electron chi connectivity index (χ2n) is 4.33. The number of carboxylic acids is 1. The van der Waals surface area contributed by atoms with Crippen molar-refractivity contribution < 1.29 is 19.5 Å². The summed E-state index contributed by atoms with van der Waals surface area (Å²) in [5.41, 5.74) is 1.12. The Bertz CT molecular complexity index is 479. The van der Waals surface area contributed by atoms with E-state index in [1.165, 1.54) is 6.92 Å². The number of carboxylic acid groups (broad SMARTS) is 1. The lowest BCUT2D eigenvalue weighted by Gasteiger charge is -2.13. The molecule has 1 rings (SSSR count). The number of Topliss-reactive ketones (excluding diaryl/α,β-unsaturated/α-hetero) is 1. The van der Waals surface area contributed by atoms with Crippen molar-refractivity contribution in [3.8, 4) is 0 Å². The Morgan fingerprint density at radius 2 is 1.79 bits per heavy atom. The molecule has 102 valence electrons. The van der Waals surface area contributed by atoms with E-state index in [-0.39, 0.29) is 18.1 Å². The maximum Gasteiger partial charge on any atom is 0.304 e. The minimum atomic E-state index is -0.992. The van der Waals surface area contributed by atoms with Crippen molar-refractivity contribution in [3.63, 3.8) is 0 Å². The summed E-state index contributed by atoms with van der Waals surface area (Å²) in [5, 5.41) is 11.4.